The summed E-state index contributed by atoms with van der Waals surface area (Å²) in [7, 11) is 0. The zero-order valence-electron chi connectivity index (χ0n) is 15.6. The van der Waals surface area contributed by atoms with Crippen LogP contribution in [0.1, 0.15) is 26.5 Å². The van der Waals surface area contributed by atoms with Crippen LogP contribution < -0.4 is 10.1 Å². The van der Waals surface area contributed by atoms with Gasteiger partial charge in [-0.2, -0.15) is 5.10 Å². The molecule has 0 spiro atoms. The van der Waals surface area contributed by atoms with Gasteiger partial charge in [0.25, 0.3) is 5.91 Å². The van der Waals surface area contributed by atoms with Gasteiger partial charge >= 0.3 is 0 Å². The normalized spacial score (nSPS) is 11.3. The highest BCUT2D eigenvalue weighted by molar-refractivity contribution is 5.91. The average molecular weight is 367 g/mol. The third-order valence-electron chi connectivity index (χ3n) is 3.93. The Hall–Kier alpha value is -3.15. The van der Waals surface area contributed by atoms with E-state index in [1.807, 2.05) is 45.0 Å². The summed E-state index contributed by atoms with van der Waals surface area (Å²) < 4.78 is 20.3. The number of nitrogens with zero attached hydrogens (tertiary/aromatic N) is 2. The molecule has 0 saturated heterocycles. The molecule has 1 N–H and O–H groups in total. The molecular formula is C21H22FN3O2. The number of anilines is 1. The third kappa shape index (κ3) is 4.73. The fraction of sp³-hybridized carbons (Fsp3) is 0.238. The maximum absolute atomic E-state index is 13.3. The first-order chi connectivity index (χ1) is 12.8. The second-order valence-corrected chi connectivity index (χ2v) is 7.20. The molecule has 0 aliphatic heterocycles. The smallest absolute Gasteiger partial charge is 0.263 e. The molecule has 0 unspecified atom stereocenters. The van der Waals surface area contributed by atoms with Gasteiger partial charge < -0.3 is 10.1 Å². The van der Waals surface area contributed by atoms with Gasteiger partial charge in [-0.1, -0.05) is 39.0 Å². The van der Waals surface area contributed by atoms with Crippen molar-refractivity contribution in [2.24, 2.45) is 0 Å². The second-order valence-electron chi connectivity index (χ2n) is 7.20. The molecule has 0 bridgehead atoms. The summed E-state index contributed by atoms with van der Waals surface area (Å²) in [6.07, 6.45) is 0. The van der Waals surface area contributed by atoms with Gasteiger partial charge in [0.2, 0.25) is 0 Å². The van der Waals surface area contributed by atoms with E-state index in [-0.39, 0.29) is 23.7 Å². The Morgan fingerprint density at radius 3 is 2.41 bits per heavy atom. The van der Waals surface area contributed by atoms with Crippen molar-refractivity contribution in [3.63, 3.8) is 0 Å². The average Bonchev–Trinajstić information content (AvgIpc) is 3.06. The maximum atomic E-state index is 13.3. The van der Waals surface area contributed by atoms with Crippen LogP contribution in [0.25, 0.3) is 5.69 Å². The number of halogens is 1. The molecule has 0 radical (unpaired) electrons. The molecule has 140 valence electrons. The lowest BCUT2D eigenvalue weighted by Gasteiger charge is -2.14. The molecule has 1 amide bonds. The summed E-state index contributed by atoms with van der Waals surface area (Å²) in [6, 6.07) is 16.9. The number of amides is 1. The maximum Gasteiger partial charge on any atom is 0.263 e. The van der Waals surface area contributed by atoms with Crippen molar-refractivity contribution in [3.8, 4) is 11.4 Å². The minimum atomic E-state index is -0.330. The first-order valence-corrected chi connectivity index (χ1v) is 8.67. The SMILES string of the molecule is CC(C)(C)c1cc(NC(=O)COc2ccccc2)n(-c2ccc(F)cc2)n1. The van der Waals surface area contributed by atoms with E-state index >= 15 is 0 Å². The van der Waals surface area contributed by atoms with Gasteiger partial charge in [0.05, 0.1) is 11.4 Å². The minimum absolute atomic E-state index is 0.122. The van der Waals surface area contributed by atoms with Gasteiger partial charge in [-0.05, 0) is 36.4 Å². The van der Waals surface area contributed by atoms with E-state index < -0.39 is 0 Å². The van der Waals surface area contributed by atoms with Crippen molar-refractivity contribution in [3.05, 3.63) is 72.2 Å². The fourth-order valence-corrected chi connectivity index (χ4v) is 2.46. The molecule has 0 aliphatic rings. The number of rotatable bonds is 5. The zero-order valence-corrected chi connectivity index (χ0v) is 15.6. The van der Waals surface area contributed by atoms with Crippen molar-refractivity contribution in [1.29, 1.82) is 0 Å². The van der Waals surface area contributed by atoms with Crippen LogP contribution in [0.3, 0.4) is 0 Å². The lowest BCUT2D eigenvalue weighted by Crippen LogP contribution is -2.21. The summed E-state index contributed by atoms with van der Waals surface area (Å²) in [6.45, 7) is 5.99. The van der Waals surface area contributed by atoms with Crippen LogP contribution in [-0.4, -0.2) is 22.3 Å². The Kier molecular flexibility index (Phi) is 5.26. The Bertz CT molecular complexity index is 913. The highest BCUT2D eigenvalue weighted by Crippen LogP contribution is 2.26. The number of para-hydroxylation sites is 1. The summed E-state index contributed by atoms with van der Waals surface area (Å²) >= 11 is 0. The summed E-state index contributed by atoms with van der Waals surface area (Å²) in [5, 5.41) is 7.42. The van der Waals surface area contributed by atoms with Crippen LogP contribution in [0, 0.1) is 5.82 Å². The van der Waals surface area contributed by atoms with Crippen LogP contribution in [0.2, 0.25) is 0 Å². The molecular weight excluding hydrogens is 345 g/mol. The monoisotopic (exact) mass is 367 g/mol. The summed E-state index contributed by atoms with van der Waals surface area (Å²) in [4.78, 5) is 12.3. The summed E-state index contributed by atoms with van der Waals surface area (Å²) in [5.74, 6) is 0.495. The van der Waals surface area contributed by atoms with Crippen molar-refractivity contribution in [2.45, 2.75) is 26.2 Å². The largest absolute Gasteiger partial charge is 0.484 e. The topological polar surface area (TPSA) is 56.1 Å². The highest BCUT2D eigenvalue weighted by atomic mass is 19.1. The zero-order chi connectivity index (χ0) is 19.4. The molecule has 6 heteroatoms. The Labute approximate surface area is 157 Å². The molecule has 1 heterocycles. The highest BCUT2D eigenvalue weighted by Gasteiger charge is 2.21. The Morgan fingerprint density at radius 2 is 1.78 bits per heavy atom. The van der Waals surface area contributed by atoms with Gasteiger partial charge in [-0.15, -0.1) is 0 Å². The molecule has 0 fully saturated rings. The first kappa shape index (κ1) is 18.6. The molecule has 3 aromatic rings. The fourth-order valence-electron chi connectivity index (χ4n) is 2.46. The van der Waals surface area contributed by atoms with E-state index in [2.05, 4.69) is 10.4 Å². The van der Waals surface area contributed by atoms with Gasteiger partial charge in [-0.3, -0.25) is 4.79 Å². The van der Waals surface area contributed by atoms with Gasteiger partial charge in [-0.25, -0.2) is 9.07 Å². The number of aromatic nitrogens is 2. The Balaban J connectivity index is 1.81. The number of carbonyl (C=O) groups is 1. The van der Waals surface area contributed by atoms with Crippen molar-refractivity contribution >= 4 is 11.7 Å². The van der Waals surface area contributed by atoms with Crippen LogP contribution in [0.5, 0.6) is 5.75 Å². The molecule has 27 heavy (non-hydrogen) atoms. The van der Waals surface area contributed by atoms with Crippen LogP contribution in [0.4, 0.5) is 10.2 Å². The lowest BCUT2D eigenvalue weighted by atomic mass is 9.92. The lowest BCUT2D eigenvalue weighted by molar-refractivity contribution is -0.118. The molecule has 0 aliphatic carbocycles. The third-order valence-corrected chi connectivity index (χ3v) is 3.93. The Morgan fingerprint density at radius 1 is 1.11 bits per heavy atom. The number of hydrogen-bond acceptors (Lipinski definition) is 3. The quantitative estimate of drug-likeness (QED) is 0.730. The van der Waals surface area contributed by atoms with Crippen LogP contribution in [-0.2, 0) is 10.2 Å². The molecule has 5 nitrogen and oxygen atoms in total. The molecule has 3 rings (SSSR count). The predicted octanol–water partition coefficient (Wildman–Crippen LogP) is 4.33. The van der Waals surface area contributed by atoms with Gasteiger partial charge in [0.1, 0.15) is 17.4 Å². The number of carbonyl (C=O) groups excluding carboxylic acids is 1. The standard InChI is InChI=1S/C21H22FN3O2/c1-21(2,3)18-13-19(25(24-18)16-11-9-15(22)10-12-16)23-20(26)14-27-17-7-5-4-6-8-17/h4-13H,14H2,1-3H3,(H,23,26). The number of ether oxygens (including phenoxy) is 1. The van der Waals surface area contributed by atoms with E-state index in [0.717, 1.165) is 5.69 Å². The van der Waals surface area contributed by atoms with Crippen LogP contribution in [0.15, 0.2) is 60.7 Å². The van der Waals surface area contributed by atoms with E-state index in [1.54, 1.807) is 28.9 Å². The first-order valence-electron chi connectivity index (χ1n) is 8.67. The van der Waals surface area contributed by atoms with E-state index in [9.17, 15) is 9.18 Å². The van der Waals surface area contributed by atoms with Crippen molar-refractivity contribution in [1.82, 2.24) is 9.78 Å². The molecule has 0 saturated carbocycles. The van der Waals surface area contributed by atoms with Gasteiger partial charge in [0.15, 0.2) is 6.61 Å². The molecule has 2 aromatic carbocycles. The molecule has 0 atom stereocenters. The molecule has 1 aromatic heterocycles. The van der Waals surface area contributed by atoms with Gasteiger partial charge in [0, 0.05) is 11.5 Å². The van der Waals surface area contributed by atoms with E-state index in [4.69, 9.17) is 4.74 Å². The van der Waals surface area contributed by atoms with Crippen molar-refractivity contribution < 1.29 is 13.9 Å². The van der Waals surface area contributed by atoms with Crippen molar-refractivity contribution in [2.75, 3.05) is 11.9 Å². The number of hydrogen-bond donors (Lipinski definition) is 1. The number of benzene rings is 2. The second kappa shape index (κ2) is 7.61. The minimum Gasteiger partial charge on any atom is -0.484 e. The number of nitrogens with one attached hydrogen (secondary N) is 1. The summed E-state index contributed by atoms with van der Waals surface area (Å²) in [5.41, 5.74) is 1.27. The van der Waals surface area contributed by atoms with E-state index in [1.165, 1.54) is 12.1 Å². The van der Waals surface area contributed by atoms with Crippen LogP contribution >= 0.6 is 0 Å². The van der Waals surface area contributed by atoms with E-state index in [0.29, 0.717) is 17.3 Å². The predicted molar refractivity (Wildman–Crippen MR) is 103 cm³/mol.